The lowest BCUT2D eigenvalue weighted by atomic mass is 10.0. The van der Waals surface area contributed by atoms with Crippen LogP contribution in [0.25, 0.3) is 0 Å². The molecule has 32 heavy (non-hydrogen) atoms. The Balaban J connectivity index is 1.89. The van der Waals surface area contributed by atoms with E-state index in [0.717, 1.165) is 12.0 Å². The molecule has 0 saturated carbocycles. The van der Waals surface area contributed by atoms with E-state index < -0.39 is 10.0 Å². The maximum absolute atomic E-state index is 13.6. The molecule has 1 amide bonds. The molecule has 0 unspecified atom stereocenters. The zero-order valence-corrected chi connectivity index (χ0v) is 19.9. The third kappa shape index (κ3) is 6.09. The molecule has 0 aliphatic carbocycles. The molecular weight excluding hydrogens is 426 g/mol. The Morgan fingerprint density at radius 3 is 2.38 bits per heavy atom. The molecule has 0 aromatic heterocycles. The van der Waals surface area contributed by atoms with Crippen molar-refractivity contribution < 1.29 is 17.9 Å². The van der Waals surface area contributed by atoms with Crippen LogP contribution in [0, 0.1) is 5.92 Å². The zero-order chi connectivity index (χ0) is 23.1. The van der Waals surface area contributed by atoms with Gasteiger partial charge in [-0.25, -0.2) is 8.42 Å². The van der Waals surface area contributed by atoms with Gasteiger partial charge in [-0.15, -0.1) is 0 Å². The van der Waals surface area contributed by atoms with E-state index in [1.165, 1.54) is 4.31 Å². The number of hydrogen-bond acceptors (Lipinski definition) is 5. The van der Waals surface area contributed by atoms with Crippen molar-refractivity contribution in [2.24, 2.45) is 5.92 Å². The summed E-state index contributed by atoms with van der Waals surface area (Å²) in [5.41, 5.74) is 1.80. The summed E-state index contributed by atoms with van der Waals surface area (Å²) in [5.74, 6) is 0.882. The summed E-state index contributed by atoms with van der Waals surface area (Å²) < 4.78 is 33.9. The van der Waals surface area contributed by atoms with Crippen LogP contribution in [0.2, 0.25) is 0 Å². The van der Waals surface area contributed by atoms with Gasteiger partial charge in [0, 0.05) is 38.3 Å². The van der Waals surface area contributed by atoms with E-state index in [-0.39, 0.29) is 23.9 Å². The van der Waals surface area contributed by atoms with E-state index in [9.17, 15) is 13.2 Å². The third-order valence-corrected chi connectivity index (χ3v) is 7.33. The second-order valence-corrected chi connectivity index (χ2v) is 10.4. The van der Waals surface area contributed by atoms with E-state index in [1.54, 1.807) is 30.2 Å². The lowest BCUT2D eigenvalue weighted by Gasteiger charge is -2.30. The highest BCUT2D eigenvalue weighted by Gasteiger charge is 2.30. The quantitative estimate of drug-likeness (QED) is 0.623. The average molecular weight is 460 g/mol. The zero-order valence-electron chi connectivity index (χ0n) is 19.1. The molecule has 0 spiro atoms. The number of nitrogens with one attached hydrogen (secondary N) is 1. The molecule has 2 aromatic carbocycles. The standard InChI is InChI=1S/C24H33N3O4S/c1-19(2)16-20-8-10-22(11-9-20)32(29,30)27(17-21-6-4-5-7-23(21)31-3)18-24(28)26-14-12-25-13-15-26/h4-11,19,25H,12-18H2,1-3H3. The highest BCUT2D eigenvalue weighted by atomic mass is 32.2. The van der Waals surface area contributed by atoms with Crippen LogP contribution in [0.1, 0.15) is 25.0 Å². The van der Waals surface area contributed by atoms with Gasteiger partial charge in [-0.2, -0.15) is 4.31 Å². The number of ether oxygens (including phenoxy) is 1. The predicted molar refractivity (Wildman–Crippen MR) is 125 cm³/mol. The molecule has 1 fully saturated rings. The Morgan fingerprint density at radius 2 is 1.75 bits per heavy atom. The van der Waals surface area contributed by atoms with Crippen molar-refractivity contribution in [1.29, 1.82) is 0 Å². The number of carbonyl (C=O) groups is 1. The Hall–Kier alpha value is -2.42. The number of amides is 1. The largest absolute Gasteiger partial charge is 0.496 e. The Labute approximate surface area is 191 Å². The predicted octanol–water partition coefficient (Wildman–Crippen LogP) is 2.52. The molecule has 8 heteroatoms. The fourth-order valence-corrected chi connectivity index (χ4v) is 5.20. The van der Waals surface area contributed by atoms with Crippen molar-refractivity contribution in [3.8, 4) is 5.75 Å². The molecule has 3 rings (SSSR count). The van der Waals surface area contributed by atoms with Gasteiger partial charge in [0.25, 0.3) is 0 Å². The maximum atomic E-state index is 13.6. The van der Waals surface area contributed by atoms with Gasteiger partial charge >= 0.3 is 0 Å². The number of carbonyl (C=O) groups excluding carboxylic acids is 1. The molecule has 1 N–H and O–H groups in total. The summed E-state index contributed by atoms with van der Waals surface area (Å²) in [6, 6.07) is 14.3. The highest BCUT2D eigenvalue weighted by molar-refractivity contribution is 7.89. The monoisotopic (exact) mass is 459 g/mol. The third-order valence-electron chi connectivity index (χ3n) is 5.53. The van der Waals surface area contributed by atoms with Crippen molar-refractivity contribution in [2.45, 2.75) is 31.7 Å². The van der Waals surface area contributed by atoms with Crippen LogP contribution in [0.15, 0.2) is 53.4 Å². The van der Waals surface area contributed by atoms with Crippen molar-refractivity contribution in [2.75, 3.05) is 39.8 Å². The van der Waals surface area contributed by atoms with Gasteiger partial charge in [0.2, 0.25) is 15.9 Å². The molecule has 174 valence electrons. The first-order valence-electron chi connectivity index (χ1n) is 11.0. The molecule has 1 aliphatic heterocycles. The van der Waals surface area contributed by atoms with Gasteiger partial charge in [0.1, 0.15) is 5.75 Å². The van der Waals surface area contributed by atoms with Crippen LogP contribution >= 0.6 is 0 Å². The van der Waals surface area contributed by atoms with Gasteiger partial charge in [-0.05, 0) is 36.1 Å². The summed E-state index contributed by atoms with van der Waals surface area (Å²) in [7, 11) is -2.34. The maximum Gasteiger partial charge on any atom is 0.243 e. The summed E-state index contributed by atoms with van der Waals surface area (Å²) in [6.07, 6.45) is 0.882. The van der Waals surface area contributed by atoms with Crippen molar-refractivity contribution >= 4 is 15.9 Å². The topological polar surface area (TPSA) is 79.0 Å². The van der Waals surface area contributed by atoms with Crippen molar-refractivity contribution in [1.82, 2.24) is 14.5 Å². The molecule has 1 aliphatic rings. The van der Waals surface area contributed by atoms with E-state index in [4.69, 9.17) is 4.74 Å². The average Bonchev–Trinajstić information content (AvgIpc) is 2.79. The van der Waals surface area contributed by atoms with E-state index >= 15 is 0 Å². The minimum absolute atomic E-state index is 0.0535. The van der Waals surface area contributed by atoms with E-state index in [2.05, 4.69) is 19.2 Å². The molecular formula is C24H33N3O4S. The number of nitrogens with zero attached hydrogens (tertiary/aromatic N) is 2. The number of benzene rings is 2. The fourth-order valence-electron chi connectivity index (χ4n) is 3.83. The number of piperazine rings is 1. The Bertz CT molecular complexity index is 1000. The van der Waals surface area contributed by atoms with Crippen LogP contribution in [0.5, 0.6) is 5.75 Å². The lowest BCUT2D eigenvalue weighted by molar-refractivity contribution is -0.132. The minimum Gasteiger partial charge on any atom is -0.496 e. The van der Waals surface area contributed by atoms with Gasteiger partial charge in [0.05, 0.1) is 18.6 Å². The van der Waals surface area contributed by atoms with Crippen LogP contribution in [0.3, 0.4) is 0 Å². The van der Waals surface area contributed by atoms with Crippen LogP contribution < -0.4 is 10.1 Å². The lowest BCUT2D eigenvalue weighted by Crippen LogP contribution is -2.50. The van der Waals surface area contributed by atoms with E-state index in [1.807, 2.05) is 30.3 Å². The first-order valence-corrected chi connectivity index (χ1v) is 12.4. The molecule has 0 atom stereocenters. The van der Waals surface area contributed by atoms with Gasteiger partial charge in [-0.1, -0.05) is 44.2 Å². The second kappa shape index (κ2) is 10.9. The van der Waals surface area contributed by atoms with Crippen LogP contribution in [0.4, 0.5) is 0 Å². The summed E-state index contributed by atoms with van der Waals surface area (Å²) in [4.78, 5) is 14.9. The summed E-state index contributed by atoms with van der Waals surface area (Å²) >= 11 is 0. The fraction of sp³-hybridized carbons (Fsp3) is 0.458. The van der Waals surface area contributed by atoms with Gasteiger partial charge in [-0.3, -0.25) is 4.79 Å². The van der Waals surface area contributed by atoms with Gasteiger partial charge < -0.3 is 15.0 Å². The van der Waals surface area contributed by atoms with Crippen LogP contribution in [-0.4, -0.2) is 63.4 Å². The highest BCUT2D eigenvalue weighted by Crippen LogP contribution is 2.24. The number of para-hydroxylation sites is 1. The molecule has 1 saturated heterocycles. The van der Waals surface area contributed by atoms with Gasteiger partial charge in [0.15, 0.2) is 0 Å². The first-order chi connectivity index (χ1) is 15.3. The molecule has 0 radical (unpaired) electrons. The summed E-state index contributed by atoms with van der Waals surface area (Å²) in [5, 5.41) is 3.21. The minimum atomic E-state index is -3.89. The normalized spacial score (nSPS) is 14.7. The number of rotatable bonds is 9. The smallest absolute Gasteiger partial charge is 0.243 e. The number of sulfonamides is 1. The second-order valence-electron chi connectivity index (χ2n) is 8.46. The summed E-state index contributed by atoms with van der Waals surface area (Å²) in [6.45, 7) is 6.66. The van der Waals surface area contributed by atoms with Crippen molar-refractivity contribution in [3.63, 3.8) is 0 Å². The molecule has 0 bridgehead atoms. The van der Waals surface area contributed by atoms with Crippen LogP contribution in [-0.2, 0) is 27.8 Å². The Kier molecular flexibility index (Phi) is 8.28. The molecule has 1 heterocycles. The Morgan fingerprint density at radius 1 is 1.09 bits per heavy atom. The molecule has 2 aromatic rings. The first kappa shape index (κ1) is 24.2. The molecule has 7 nitrogen and oxygen atoms in total. The number of hydrogen-bond donors (Lipinski definition) is 1. The SMILES string of the molecule is COc1ccccc1CN(CC(=O)N1CCNCC1)S(=O)(=O)c1ccc(CC(C)C)cc1. The number of methoxy groups -OCH3 is 1. The van der Waals surface area contributed by atoms with Crippen molar-refractivity contribution in [3.05, 3.63) is 59.7 Å². The van der Waals surface area contributed by atoms with E-state index in [0.29, 0.717) is 43.4 Å².